The van der Waals surface area contributed by atoms with E-state index in [1.54, 1.807) is 24.3 Å². The molecule has 0 unspecified atom stereocenters. The van der Waals surface area contributed by atoms with Crippen molar-refractivity contribution in [1.29, 1.82) is 0 Å². The molecule has 8 nitrogen and oxygen atoms in total. The Bertz CT molecular complexity index is 1390. The van der Waals surface area contributed by atoms with Gasteiger partial charge in [-0.05, 0) is 61.2 Å². The van der Waals surface area contributed by atoms with Gasteiger partial charge in [0, 0.05) is 30.3 Å². The smallest absolute Gasteiger partial charge is 0.293 e. The van der Waals surface area contributed by atoms with Gasteiger partial charge in [0.1, 0.15) is 11.5 Å². The number of hydrogen-bond donors (Lipinski definition) is 2. The van der Waals surface area contributed by atoms with Crippen molar-refractivity contribution < 1.29 is 9.72 Å². The highest BCUT2D eigenvalue weighted by molar-refractivity contribution is 6.34. The summed E-state index contributed by atoms with van der Waals surface area (Å²) in [5.41, 5.74) is 3.54. The highest BCUT2D eigenvalue weighted by Crippen LogP contribution is 2.33. The van der Waals surface area contributed by atoms with Crippen LogP contribution < -0.4 is 10.2 Å². The van der Waals surface area contributed by atoms with Crippen LogP contribution in [-0.2, 0) is 0 Å². The molecule has 2 N–H and O–H groups in total. The Hall–Kier alpha value is -3.91. The molecule has 178 valence electrons. The summed E-state index contributed by atoms with van der Waals surface area (Å²) in [6.07, 6.45) is 1.97. The molecule has 0 spiro atoms. The van der Waals surface area contributed by atoms with Gasteiger partial charge < -0.3 is 15.2 Å². The van der Waals surface area contributed by atoms with E-state index in [4.69, 9.17) is 11.6 Å². The topological polar surface area (TPSA) is 104 Å². The number of piperidine rings is 1. The van der Waals surface area contributed by atoms with Crippen molar-refractivity contribution in [2.75, 3.05) is 23.3 Å². The number of nitrogens with one attached hydrogen (secondary N) is 2. The SMILES string of the molecule is CC1CCN(c2ccc(C(=O)Nc3cc(-c4nc5ccccc5[nH]4)ccc3Cl)cc2[N+](=O)[O-])CC1. The van der Waals surface area contributed by atoms with Crippen molar-refractivity contribution in [2.45, 2.75) is 19.8 Å². The molecule has 35 heavy (non-hydrogen) atoms. The lowest BCUT2D eigenvalue weighted by atomic mass is 9.98. The average molecular weight is 490 g/mol. The van der Waals surface area contributed by atoms with E-state index < -0.39 is 10.8 Å². The van der Waals surface area contributed by atoms with Crippen molar-refractivity contribution in [3.8, 4) is 11.4 Å². The first-order chi connectivity index (χ1) is 16.9. The largest absolute Gasteiger partial charge is 0.366 e. The van der Waals surface area contributed by atoms with Crippen LogP contribution in [0.4, 0.5) is 17.1 Å². The van der Waals surface area contributed by atoms with Gasteiger partial charge in [-0.3, -0.25) is 14.9 Å². The second-order valence-corrected chi connectivity index (χ2v) is 9.29. The number of aromatic amines is 1. The zero-order valence-electron chi connectivity index (χ0n) is 19.1. The summed E-state index contributed by atoms with van der Waals surface area (Å²) >= 11 is 6.35. The average Bonchev–Trinajstić information content (AvgIpc) is 3.30. The van der Waals surface area contributed by atoms with E-state index in [0.717, 1.165) is 42.5 Å². The lowest BCUT2D eigenvalue weighted by molar-refractivity contribution is -0.384. The van der Waals surface area contributed by atoms with Gasteiger partial charge in [0.25, 0.3) is 11.6 Å². The molecule has 9 heteroatoms. The number of carbonyl (C=O) groups excluding carboxylic acids is 1. The zero-order valence-corrected chi connectivity index (χ0v) is 19.9. The van der Waals surface area contributed by atoms with Crippen LogP contribution in [0.15, 0.2) is 60.7 Å². The lowest BCUT2D eigenvalue weighted by Gasteiger charge is -2.31. The van der Waals surface area contributed by atoms with E-state index in [-0.39, 0.29) is 11.3 Å². The summed E-state index contributed by atoms with van der Waals surface area (Å²) < 4.78 is 0. The van der Waals surface area contributed by atoms with Gasteiger partial charge in [-0.1, -0.05) is 30.7 Å². The highest BCUT2D eigenvalue weighted by Gasteiger charge is 2.25. The number of H-pyrrole nitrogens is 1. The van der Waals surface area contributed by atoms with Gasteiger partial charge in [-0.15, -0.1) is 0 Å². The minimum Gasteiger partial charge on any atom is -0.366 e. The summed E-state index contributed by atoms with van der Waals surface area (Å²) in [6.45, 7) is 3.71. The maximum atomic E-state index is 13.0. The summed E-state index contributed by atoms with van der Waals surface area (Å²) in [5.74, 6) is 0.778. The second kappa shape index (κ2) is 9.38. The van der Waals surface area contributed by atoms with Crippen LogP contribution in [0, 0.1) is 16.0 Å². The van der Waals surface area contributed by atoms with Crippen molar-refractivity contribution >= 4 is 45.6 Å². The molecule has 5 rings (SSSR count). The number of carbonyl (C=O) groups is 1. The van der Waals surface area contributed by atoms with E-state index in [9.17, 15) is 14.9 Å². The Morgan fingerprint density at radius 3 is 2.66 bits per heavy atom. The molecule has 1 aliphatic rings. The molecule has 1 saturated heterocycles. The fourth-order valence-electron chi connectivity index (χ4n) is 4.38. The first-order valence-corrected chi connectivity index (χ1v) is 11.9. The van der Waals surface area contributed by atoms with Crippen molar-refractivity contribution in [3.63, 3.8) is 0 Å². The monoisotopic (exact) mass is 489 g/mol. The Labute approximate surface area is 207 Å². The number of nitrogens with zero attached hydrogens (tertiary/aromatic N) is 3. The Balaban J connectivity index is 1.40. The molecular formula is C26H24ClN5O3. The summed E-state index contributed by atoms with van der Waals surface area (Å²) in [7, 11) is 0. The first kappa shape index (κ1) is 22.9. The van der Waals surface area contributed by atoms with Gasteiger partial charge in [0.05, 0.1) is 26.7 Å². The van der Waals surface area contributed by atoms with Gasteiger partial charge >= 0.3 is 0 Å². The maximum absolute atomic E-state index is 13.0. The van der Waals surface area contributed by atoms with Crippen LogP contribution in [0.2, 0.25) is 5.02 Å². The summed E-state index contributed by atoms with van der Waals surface area (Å²) in [5, 5.41) is 15.0. The molecule has 0 atom stereocenters. The summed E-state index contributed by atoms with van der Waals surface area (Å²) in [6, 6.07) is 17.5. The number of para-hydroxylation sites is 2. The number of benzene rings is 3. The fraction of sp³-hybridized carbons (Fsp3) is 0.231. The molecular weight excluding hydrogens is 466 g/mol. The number of amides is 1. The quantitative estimate of drug-likeness (QED) is 0.253. The molecule has 0 aliphatic carbocycles. The number of hydrogen-bond acceptors (Lipinski definition) is 5. The third-order valence-electron chi connectivity index (χ3n) is 6.44. The van der Waals surface area contributed by atoms with Gasteiger partial charge in [0.15, 0.2) is 0 Å². The number of aromatic nitrogens is 2. The van der Waals surface area contributed by atoms with E-state index in [1.807, 2.05) is 35.2 Å². The van der Waals surface area contributed by atoms with Crippen LogP contribution in [-0.4, -0.2) is 33.9 Å². The van der Waals surface area contributed by atoms with Crippen molar-refractivity contribution in [3.05, 3.63) is 81.4 Å². The lowest BCUT2D eigenvalue weighted by Crippen LogP contribution is -2.33. The third kappa shape index (κ3) is 4.70. The summed E-state index contributed by atoms with van der Waals surface area (Å²) in [4.78, 5) is 34.3. The molecule has 4 aromatic rings. The van der Waals surface area contributed by atoms with Crippen LogP contribution >= 0.6 is 11.6 Å². The number of nitro benzene ring substituents is 1. The predicted octanol–water partition coefficient (Wildman–Crippen LogP) is 6.28. The Morgan fingerprint density at radius 2 is 1.91 bits per heavy atom. The van der Waals surface area contributed by atoms with Crippen LogP contribution in [0.5, 0.6) is 0 Å². The maximum Gasteiger partial charge on any atom is 0.293 e. The number of anilines is 2. The first-order valence-electron chi connectivity index (χ1n) is 11.5. The molecule has 0 bridgehead atoms. The number of imidazole rings is 1. The number of nitro groups is 1. The molecule has 1 aliphatic heterocycles. The van der Waals surface area contributed by atoms with Gasteiger partial charge in [-0.25, -0.2) is 4.98 Å². The van der Waals surface area contributed by atoms with Crippen LogP contribution in [0.3, 0.4) is 0 Å². The predicted molar refractivity (Wildman–Crippen MR) is 138 cm³/mol. The minimum absolute atomic E-state index is 0.0747. The standard InChI is InChI=1S/C26H24ClN5O3/c1-16-10-12-31(13-11-16)23-9-7-18(15-24(23)32(34)35)26(33)30-22-14-17(6-8-19(22)27)25-28-20-4-2-3-5-21(20)29-25/h2-9,14-16H,10-13H2,1H3,(H,28,29)(H,30,33). The molecule has 1 fully saturated rings. The number of halogens is 1. The van der Waals surface area contributed by atoms with Crippen molar-refractivity contribution in [2.24, 2.45) is 5.92 Å². The van der Waals surface area contributed by atoms with E-state index in [2.05, 4.69) is 22.2 Å². The Morgan fingerprint density at radius 1 is 1.14 bits per heavy atom. The minimum atomic E-state index is -0.476. The zero-order chi connectivity index (χ0) is 24.5. The molecule has 3 aromatic carbocycles. The highest BCUT2D eigenvalue weighted by atomic mass is 35.5. The van der Waals surface area contributed by atoms with E-state index in [1.165, 1.54) is 6.07 Å². The molecule has 0 radical (unpaired) electrons. The molecule has 1 aromatic heterocycles. The second-order valence-electron chi connectivity index (χ2n) is 8.88. The van der Waals surface area contributed by atoms with E-state index in [0.29, 0.717) is 28.1 Å². The number of fused-ring (bicyclic) bond motifs is 1. The molecule has 0 saturated carbocycles. The van der Waals surface area contributed by atoms with E-state index >= 15 is 0 Å². The molecule has 2 heterocycles. The Kier molecular flexibility index (Phi) is 6.13. The molecule has 1 amide bonds. The van der Waals surface area contributed by atoms with Crippen LogP contribution in [0.25, 0.3) is 22.4 Å². The van der Waals surface area contributed by atoms with Gasteiger partial charge in [-0.2, -0.15) is 0 Å². The fourth-order valence-corrected chi connectivity index (χ4v) is 4.54. The normalized spacial score (nSPS) is 14.3. The van der Waals surface area contributed by atoms with Gasteiger partial charge in [0.2, 0.25) is 0 Å². The van der Waals surface area contributed by atoms with Crippen LogP contribution in [0.1, 0.15) is 30.1 Å². The number of rotatable bonds is 5. The van der Waals surface area contributed by atoms with Crippen molar-refractivity contribution in [1.82, 2.24) is 9.97 Å². The third-order valence-corrected chi connectivity index (χ3v) is 6.77.